The molecule has 0 unspecified atom stereocenters. The van der Waals surface area contributed by atoms with E-state index in [0.29, 0.717) is 28.0 Å². The van der Waals surface area contributed by atoms with E-state index < -0.39 is 21.6 Å². The number of methoxy groups -OCH3 is 1. The Morgan fingerprint density at radius 3 is 2.21 bits per heavy atom. The van der Waals surface area contributed by atoms with Gasteiger partial charge in [-0.15, -0.1) is 0 Å². The number of fused-ring (bicyclic) bond motifs is 1. The van der Waals surface area contributed by atoms with Crippen molar-refractivity contribution in [2.45, 2.75) is 18.7 Å². The van der Waals surface area contributed by atoms with Gasteiger partial charge in [-0.3, -0.25) is 14.3 Å². The van der Waals surface area contributed by atoms with Crippen molar-refractivity contribution in [3.05, 3.63) is 88.0 Å². The Hall–Kier alpha value is -3.82. The first-order valence-electron chi connectivity index (χ1n) is 9.96. The number of carbonyl (C=O) groups is 1. The van der Waals surface area contributed by atoms with Crippen LogP contribution in [0.15, 0.2) is 70.5 Å². The maximum Gasteiger partial charge on any atom is 0.340 e. The fraction of sp³-hybridized carbons (Fsp3) is 0.125. The minimum absolute atomic E-state index is 0.0642. The van der Waals surface area contributed by atoms with Gasteiger partial charge in [0.25, 0.3) is 5.56 Å². The Bertz CT molecular complexity index is 1560. The predicted octanol–water partition coefficient (Wildman–Crippen LogP) is 3.10. The van der Waals surface area contributed by atoms with Crippen LogP contribution in [0.25, 0.3) is 27.7 Å². The number of carbonyl (C=O) groups excluding carboxylic acids is 1. The highest BCUT2D eigenvalue weighted by Crippen LogP contribution is 2.32. The van der Waals surface area contributed by atoms with E-state index in [1.807, 2.05) is 31.2 Å². The smallest absolute Gasteiger partial charge is 0.340 e. The normalized spacial score (nSPS) is 11.5. The van der Waals surface area contributed by atoms with Crippen LogP contribution in [0.1, 0.15) is 21.6 Å². The van der Waals surface area contributed by atoms with Gasteiger partial charge in [-0.25, -0.2) is 18.4 Å². The van der Waals surface area contributed by atoms with Crippen molar-refractivity contribution < 1.29 is 17.9 Å². The average Bonchev–Trinajstić information content (AvgIpc) is 2.78. The molecule has 0 fully saturated rings. The summed E-state index contributed by atoms with van der Waals surface area (Å²) in [5.74, 6) is -0.593. The molecule has 0 saturated heterocycles. The molecule has 0 saturated carbocycles. The van der Waals surface area contributed by atoms with Gasteiger partial charge in [0.1, 0.15) is 0 Å². The van der Waals surface area contributed by atoms with Gasteiger partial charge in [-0.1, -0.05) is 29.8 Å². The minimum Gasteiger partial charge on any atom is -0.465 e. The standard InChI is InChI=1S/C24H21N3O5S/c1-14-4-6-16(7-5-14)21-20(24(29)32-3)15(2)26-19-12-13-27(23(28)22(19)21)17-8-10-18(11-9-17)33(25,30)31/h4-13H,1-3H3,(H2,25,30,31). The van der Waals surface area contributed by atoms with E-state index in [9.17, 15) is 18.0 Å². The summed E-state index contributed by atoms with van der Waals surface area (Å²) >= 11 is 0. The molecule has 2 aromatic heterocycles. The van der Waals surface area contributed by atoms with Crippen molar-refractivity contribution in [1.82, 2.24) is 9.55 Å². The number of hydrogen-bond acceptors (Lipinski definition) is 6. The Balaban J connectivity index is 2.07. The van der Waals surface area contributed by atoms with Gasteiger partial charge in [0.05, 0.1) is 34.2 Å². The maximum absolute atomic E-state index is 13.7. The molecule has 4 rings (SSSR count). The lowest BCUT2D eigenvalue weighted by Crippen LogP contribution is -2.21. The quantitative estimate of drug-likeness (QED) is 0.464. The van der Waals surface area contributed by atoms with Crippen molar-refractivity contribution in [1.29, 1.82) is 0 Å². The zero-order valence-electron chi connectivity index (χ0n) is 18.2. The molecule has 0 aliphatic heterocycles. The molecule has 9 heteroatoms. The van der Waals surface area contributed by atoms with E-state index in [1.54, 1.807) is 19.2 Å². The number of rotatable bonds is 4. The van der Waals surface area contributed by atoms with Crippen molar-refractivity contribution >= 4 is 26.9 Å². The molecule has 168 valence electrons. The summed E-state index contributed by atoms with van der Waals surface area (Å²) < 4.78 is 29.5. The van der Waals surface area contributed by atoms with Crippen LogP contribution < -0.4 is 10.7 Å². The Morgan fingerprint density at radius 1 is 1.00 bits per heavy atom. The van der Waals surface area contributed by atoms with E-state index in [1.165, 1.54) is 35.9 Å². The zero-order chi connectivity index (χ0) is 23.9. The molecular weight excluding hydrogens is 442 g/mol. The number of nitrogens with zero attached hydrogens (tertiary/aromatic N) is 2. The third kappa shape index (κ3) is 4.04. The molecule has 0 atom stereocenters. The van der Waals surface area contributed by atoms with E-state index >= 15 is 0 Å². The van der Waals surface area contributed by atoms with E-state index in [4.69, 9.17) is 9.88 Å². The molecule has 4 aromatic rings. The van der Waals surface area contributed by atoms with Crippen molar-refractivity contribution in [2.24, 2.45) is 5.14 Å². The first kappa shape index (κ1) is 22.4. The van der Waals surface area contributed by atoms with Crippen LogP contribution in [0.2, 0.25) is 0 Å². The summed E-state index contributed by atoms with van der Waals surface area (Å²) in [4.78, 5) is 30.8. The number of esters is 1. The lowest BCUT2D eigenvalue weighted by Gasteiger charge is -2.16. The van der Waals surface area contributed by atoms with Gasteiger partial charge in [0, 0.05) is 17.4 Å². The minimum atomic E-state index is -3.86. The highest BCUT2D eigenvalue weighted by Gasteiger charge is 2.23. The fourth-order valence-corrected chi connectivity index (χ4v) is 4.27. The Labute approximate surface area is 190 Å². The second-order valence-electron chi connectivity index (χ2n) is 7.59. The van der Waals surface area contributed by atoms with Crippen LogP contribution in [0.3, 0.4) is 0 Å². The maximum atomic E-state index is 13.7. The largest absolute Gasteiger partial charge is 0.465 e. The Kier molecular flexibility index (Phi) is 5.61. The van der Waals surface area contributed by atoms with Gasteiger partial charge in [-0.05, 0) is 49.7 Å². The number of aromatic nitrogens is 2. The Morgan fingerprint density at radius 2 is 1.64 bits per heavy atom. The van der Waals surface area contributed by atoms with Crippen molar-refractivity contribution in [3.8, 4) is 16.8 Å². The lowest BCUT2D eigenvalue weighted by atomic mass is 9.94. The first-order valence-corrected chi connectivity index (χ1v) is 11.5. The van der Waals surface area contributed by atoms with Gasteiger partial charge < -0.3 is 4.74 Å². The van der Waals surface area contributed by atoms with Crippen molar-refractivity contribution in [3.63, 3.8) is 0 Å². The van der Waals surface area contributed by atoms with Gasteiger partial charge in [-0.2, -0.15) is 0 Å². The third-order valence-electron chi connectivity index (χ3n) is 5.39. The molecule has 2 aromatic carbocycles. The monoisotopic (exact) mass is 463 g/mol. The molecule has 0 spiro atoms. The van der Waals surface area contributed by atoms with E-state index in [-0.39, 0.29) is 15.8 Å². The highest BCUT2D eigenvalue weighted by atomic mass is 32.2. The van der Waals surface area contributed by atoms with Crippen LogP contribution in [-0.4, -0.2) is 31.0 Å². The average molecular weight is 464 g/mol. The molecule has 2 heterocycles. The molecular formula is C24H21N3O5S. The summed E-state index contributed by atoms with van der Waals surface area (Å²) in [6, 6.07) is 14.8. The summed E-state index contributed by atoms with van der Waals surface area (Å²) in [6.45, 7) is 3.64. The van der Waals surface area contributed by atoms with Crippen LogP contribution in [0.4, 0.5) is 0 Å². The van der Waals surface area contributed by atoms with Crippen LogP contribution in [0.5, 0.6) is 0 Å². The highest BCUT2D eigenvalue weighted by molar-refractivity contribution is 7.89. The fourth-order valence-electron chi connectivity index (χ4n) is 3.76. The van der Waals surface area contributed by atoms with Crippen LogP contribution >= 0.6 is 0 Å². The summed E-state index contributed by atoms with van der Waals surface area (Å²) in [6.07, 6.45) is 1.56. The molecule has 0 amide bonds. The number of pyridine rings is 2. The van der Waals surface area contributed by atoms with E-state index in [0.717, 1.165) is 5.56 Å². The second kappa shape index (κ2) is 8.27. The van der Waals surface area contributed by atoms with Crippen molar-refractivity contribution in [2.75, 3.05) is 7.11 Å². The summed E-state index contributed by atoms with van der Waals surface area (Å²) in [7, 11) is -2.59. The molecule has 8 nitrogen and oxygen atoms in total. The number of benzene rings is 2. The topological polar surface area (TPSA) is 121 Å². The first-order chi connectivity index (χ1) is 15.6. The molecule has 33 heavy (non-hydrogen) atoms. The number of nitrogens with two attached hydrogens (primary N) is 1. The molecule has 0 bridgehead atoms. The number of hydrogen-bond donors (Lipinski definition) is 1. The zero-order valence-corrected chi connectivity index (χ0v) is 19.0. The van der Waals surface area contributed by atoms with Crippen LogP contribution in [0, 0.1) is 13.8 Å². The van der Waals surface area contributed by atoms with Crippen LogP contribution in [-0.2, 0) is 14.8 Å². The number of aryl methyl sites for hydroxylation is 2. The number of sulfonamides is 1. The van der Waals surface area contributed by atoms with Gasteiger partial charge in [0.15, 0.2) is 0 Å². The SMILES string of the molecule is COC(=O)c1c(C)nc2ccn(-c3ccc(S(N)(=O)=O)cc3)c(=O)c2c1-c1ccc(C)cc1. The van der Waals surface area contributed by atoms with Gasteiger partial charge in [0.2, 0.25) is 10.0 Å². The summed E-state index contributed by atoms with van der Waals surface area (Å²) in [5, 5.41) is 5.42. The van der Waals surface area contributed by atoms with E-state index in [2.05, 4.69) is 4.98 Å². The van der Waals surface area contributed by atoms with Gasteiger partial charge >= 0.3 is 5.97 Å². The number of ether oxygens (including phenoxy) is 1. The third-order valence-corrected chi connectivity index (χ3v) is 6.32. The molecule has 2 N–H and O–H groups in total. The second-order valence-corrected chi connectivity index (χ2v) is 9.16. The molecule has 0 aliphatic carbocycles. The molecule has 0 radical (unpaired) electrons. The molecule has 0 aliphatic rings. The predicted molar refractivity (Wildman–Crippen MR) is 125 cm³/mol. The lowest BCUT2D eigenvalue weighted by molar-refractivity contribution is 0.0600. The summed E-state index contributed by atoms with van der Waals surface area (Å²) in [5.41, 5.74) is 3.25. The number of primary sulfonamides is 1.